The van der Waals surface area contributed by atoms with Crippen LogP contribution in [0.25, 0.3) is 28.3 Å². The number of pyridine rings is 1. The van der Waals surface area contributed by atoms with Crippen molar-refractivity contribution >= 4 is 17.2 Å². The maximum atomic E-state index is 4.94. The number of aromatic nitrogens is 4. The van der Waals surface area contributed by atoms with Gasteiger partial charge in [-0.25, -0.2) is 4.98 Å². The van der Waals surface area contributed by atoms with Crippen molar-refractivity contribution in [2.45, 2.75) is 66.5 Å². The molecule has 1 aliphatic rings. The zero-order chi connectivity index (χ0) is 27.6. The molecule has 2 aromatic heterocycles. The second-order valence-corrected chi connectivity index (χ2v) is 10.7. The molecular weight excluding hydrogens is 468 g/mol. The number of fused-ring (bicyclic) bond motifs is 1. The first-order valence-electron chi connectivity index (χ1n) is 13.5. The average molecular weight is 509 g/mol. The lowest BCUT2D eigenvalue weighted by atomic mass is 9.84. The summed E-state index contributed by atoms with van der Waals surface area (Å²) in [5, 5.41) is 11.8. The van der Waals surface area contributed by atoms with E-state index < -0.39 is 0 Å². The fourth-order valence-corrected chi connectivity index (χ4v) is 4.88. The second-order valence-electron chi connectivity index (χ2n) is 10.7. The number of hydrogen-bond acceptors (Lipinski definition) is 5. The smallest absolute Gasteiger partial charge is 0.182 e. The molecule has 3 heterocycles. The van der Waals surface area contributed by atoms with E-state index in [0.717, 1.165) is 40.8 Å². The van der Waals surface area contributed by atoms with Crippen LogP contribution in [0.15, 0.2) is 67.5 Å². The third kappa shape index (κ3) is 5.08. The zero-order valence-corrected chi connectivity index (χ0v) is 24.0. The predicted molar refractivity (Wildman–Crippen MR) is 160 cm³/mol. The predicted octanol–water partition coefficient (Wildman–Crippen LogP) is 7.94. The van der Waals surface area contributed by atoms with Crippen LogP contribution >= 0.6 is 0 Å². The molecule has 198 valence electrons. The average Bonchev–Trinajstić information content (AvgIpc) is 3.54. The van der Waals surface area contributed by atoms with Gasteiger partial charge in [0.15, 0.2) is 5.82 Å². The Morgan fingerprint density at radius 1 is 0.974 bits per heavy atom. The van der Waals surface area contributed by atoms with Gasteiger partial charge in [-0.05, 0) is 65.8 Å². The molecule has 0 amide bonds. The van der Waals surface area contributed by atoms with Crippen molar-refractivity contribution in [2.75, 3.05) is 17.3 Å². The van der Waals surface area contributed by atoms with Crippen molar-refractivity contribution in [1.29, 1.82) is 0 Å². The van der Waals surface area contributed by atoms with E-state index in [1.165, 1.54) is 22.3 Å². The van der Waals surface area contributed by atoms with Gasteiger partial charge in [0.1, 0.15) is 17.8 Å². The van der Waals surface area contributed by atoms with Crippen LogP contribution in [-0.2, 0) is 12.0 Å². The van der Waals surface area contributed by atoms with Gasteiger partial charge < -0.3 is 14.8 Å². The van der Waals surface area contributed by atoms with E-state index in [-0.39, 0.29) is 11.5 Å². The molecule has 0 saturated carbocycles. The van der Waals surface area contributed by atoms with Gasteiger partial charge in [0.05, 0.1) is 6.54 Å². The summed E-state index contributed by atoms with van der Waals surface area (Å²) < 4.78 is 2.04. The summed E-state index contributed by atoms with van der Waals surface area (Å²) in [6, 6.07) is 19.7. The van der Waals surface area contributed by atoms with E-state index in [1.54, 1.807) is 6.33 Å². The van der Waals surface area contributed by atoms with Gasteiger partial charge in [0.25, 0.3) is 0 Å². The van der Waals surface area contributed by atoms with Crippen LogP contribution in [0, 0.1) is 0 Å². The maximum absolute atomic E-state index is 4.94. The molecule has 1 N–H and O–H groups in total. The van der Waals surface area contributed by atoms with Gasteiger partial charge in [0, 0.05) is 30.0 Å². The Kier molecular flexibility index (Phi) is 7.72. The minimum atomic E-state index is 0.0769. The molecule has 1 aliphatic heterocycles. The summed E-state index contributed by atoms with van der Waals surface area (Å²) >= 11 is 0. The highest BCUT2D eigenvalue weighted by Crippen LogP contribution is 2.39. The van der Waals surface area contributed by atoms with Gasteiger partial charge in [-0.3, -0.25) is 0 Å². The number of nitrogens with one attached hydrogen (secondary N) is 1. The van der Waals surface area contributed by atoms with Crippen LogP contribution in [0.1, 0.15) is 71.2 Å². The highest BCUT2D eigenvalue weighted by atomic mass is 15.3. The van der Waals surface area contributed by atoms with Crippen molar-refractivity contribution in [2.24, 2.45) is 0 Å². The highest BCUT2D eigenvalue weighted by molar-refractivity contribution is 5.85. The Balaban J connectivity index is 0.00000164. The quantitative estimate of drug-likeness (QED) is 0.296. The van der Waals surface area contributed by atoms with Crippen LogP contribution in [0.3, 0.4) is 0 Å². The lowest BCUT2D eigenvalue weighted by molar-refractivity contribution is 0.592. The molecule has 4 aromatic rings. The summed E-state index contributed by atoms with van der Waals surface area (Å²) in [6.45, 7) is 20.1. The molecule has 6 heteroatoms. The fourth-order valence-electron chi connectivity index (χ4n) is 4.88. The van der Waals surface area contributed by atoms with Crippen LogP contribution < -0.4 is 10.2 Å². The highest BCUT2D eigenvalue weighted by Gasteiger charge is 2.26. The largest absolute Gasteiger partial charge is 0.388 e. The maximum Gasteiger partial charge on any atom is 0.182 e. The van der Waals surface area contributed by atoms with Gasteiger partial charge in [-0.15, -0.1) is 10.2 Å². The lowest BCUT2D eigenvalue weighted by Gasteiger charge is -2.23. The topological polar surface area (TPSA) is 58.9 Å². The molecule has 0 atom stereocenters. The van der Waals surface area contributed by atoms with Gasteiger partial charge in [0.2, 0.25) is 0 Å². The second kappa shape index (κ2) is 10.8. The molecule has 2 aromatic carbocycles. The fraction of sp³-hybridized carbons (Fsp3) is 0.344. The molecule has 0 aliphatic carbocycles. The third-order valence-corrected chi connectivity index (χ3v) is 6.87. The van der Waals surface area contributed by atoms with E-state index >= 15 is 0 Å². The number of nitrogens with zero attached hydrogens (tertiary/aromatic N) is 5. The van der Waals surface area contributed by atoms with Gasteiger partial charge in [-0.2, -0.15) is 0 Å². The normalized spacial score (nSPS) is 12.9. The molecule has 0 saturated heterocycles. The van der Waals surface area contributed by atoms with Crippen LogP contribution in [0.5, 0.6) is 0 Å². The molecule has 0 radical (unpaired) electrons. The van der Waals surface area contributed by atoms with Crippen LogP contribution in [0.2, 0.25) is 0 Å². The Morgan fingerprint density at radius 2 is 1.68 bits per heavy atom. The zero-order valence-electron chi connectivity index (χ0n) is 24.0. The van der Waals surface area contributed by atoms with Crippen LogP contribution in [0.4, 0.5) is 11.5 Å². The first kappa shape index (κ1) is 27.1. The number of rotatable bonds is 5. The Bertz CT molecular complexity index is 1440. The Morgan fingerprint density at radius 3 is 2.37 bits per heavy atom. The van der Waals surface area contributed by atoms with E-state index in [4.69, 9.17) is 4.98 Å². The number of hydrogen-bond donors (Lipinski definition) is 1. The standard InChI is InChI=1S/C30H34N6.C2H6/c1-19(2)36-18-32-34-29(36)26-9-8-10-28(33-26)35-17-23-12-11-21(15-24(23)20(35)3)22-13-14-25(30(4,5)6)27(16-22)31-7;1-2/h8-16,18-19,31H,3,17H2,1-2,4-7H3;1-2H3. The van der Waals surface area contributed by atoms with Gasteiger partial charge >= 0.3 is 0 Å². The van der Waals surface area contributed by atoms with E-state index in [2.05, 4.69) is 98.0 Å². The molecular formula is C32H40N6. The Labute approximate surface area is 227 Å². The van der Waals surface area contributed by atoms with Crippen molar-refractivity contribution in [3.63, 3.8) is 0 Å². The van der Waals surface area contributed by atoms with Crippen molar-refractivity contribution in [3.8, 4) is 22.6 Å². The van der Waals surface area contributed by atoms with Crippen LogP contribution in [-0.4, -0.2) is 26.8 Å². The summed E-state index contributed by atoms with van der Waals surface area (Å²) in [6.07, 6.45) is 1.76. The van der Waals surface area contributed by atoms with E-state index in [9.17, 15) is 0 Å². The molecule has 38 heavy (non-hydrogen) atoms. The summed E-state index contributed by atoms with van der Waals surface area (Å²) in [5.41, 5.74) is 9.10. The van der Waals surface area contributed by atoms with E-state index in [0.29, 0.717) is 0 Å². The van der Waals surface area contributed by atoms with Gasteiger partial charge in [-0.1, -0.05) is 71.5 Å². The monoisotopic (exact) mass is 508 g/mol. The molecule has 5 rings (SSSR count). The van der Waals surface area contributed by atoms with Crippen molar-refractivity contribution in [1.82, 2.24) is 19.7 Å². The first-order chi connectivity index (χ1) is 18.2. The minimum Gasteiger partial charge on any atom is -0.388 e. The first-order valence-corrected chi connectivity index (χ1v) is 13.5. The summed E-state index contributed by atoms with van der Waals surface area (Å²) in [7, 11) is 1.99. The Hall–Kier alpha value is -3.93. The minimum absolute atomic E-state index is 0.0769. The number of anilines is 2. The molecule has 0 unspecified atom stereocenters. The molecule has 6 nitrogen and oxygen atoms in total. The van der Waals surface area contributed by atoms with E-state index in [1.807, 2.05) is 43.7 Å². The summed E-state index contributed by atoms with van der Waals surface area (Å²) in [4.78, 5) is 7.12. The number of benzene rings is 2. The third-order valence-electron chi connectivity index (χ3n) is 6.87. The molecule has 0 bridgehead atoms. The summed E-state index contributed by atoms with van der Waals surface area (Å²) in [5.74, 6) is 1.64. The lowest BCUT2D eigenvalue weighted by Crippen LogP contribution is -2.15. The van der Waals surface area contributed by atoms with Crippen molar-refractivity contribution in [3.05, 3.63) is 84.2 Å². The SMILES string of the molecule is C=C1c2cc(-c3ccc(C(C)(C)C)c(NC)c3)ccc2CN1c1cccc(-c2nncn2C(C)C)n1.CC. The molecule has 0 fully saturated rings. The van der Waals surface area contributed by atoms with Crippen molar-refractivity contribution < 1.29 is 0 Å². The molecule has 0 spiro atoms.